The van der Waals surface area contributed by atoms with Crippen molar-refractivity contribution in [1.82, 2.24) is 0 Å². The van der Waals surface area contributed by atoms with Gasteiger partial charge in [0.15, 0.2) is 0 Å². The number of fused-ring (bicyclic) bond motifs is 1. The van der Waals surface area contributed by atoms with Gasteiger partial charge in [-0.15, -0.1) is 0 Å². The Morgan fingerprint density at radius 2 is 2.31 bits per heavy atom. The number of carbonyl (C=O) groups is 1. The fraction of sp³-hybridized carbons (Fsp3) is 0.364. The molecule has 1 aromatic carbocycles. The summed E-state index contributed by atoms with van der Waals surface area (Å²) < 4.78 is 0. The van der Waals surface area contributed by atoms with E-state index in [0.717, 1.165) is 6.42 Å². The van der Waals surface area contributed by atoms with Gasteiger partial charge in [0.25, 0.3) is 0 Å². The van der Waals surface area contributed by atoms with Crippen molar-refractivity contribution in [2.45, 2.75) is 12.3 Å². The van der Waals surface area contributed by atoms with Gasteiger partial charge >= 0.3 is 0 Å². The fourth-order valence-electron chi connectivity index (χ4n) is 1.79. The van der Waals surface area contributed by atoms with Gasteiger partial charge in [0.05, 0.1) is 5.75 Å². The summed E-state index contributed by atoms with van der Waals surface area (Å²) in [5.41, 5.74) is 2.60. The van der Waals surface area contributed by atoms with E-state index in [4.69, 9.17) is 0 Å². The van der Waals surface area contributed by atoms with E-state index in [2.05, 4.69) is 12.1 Å². The van der Waals surface area contributed by atoms with E-state index in [0.29, 0.717) is 11.5 Å². The molecule has 1 aliphatic carbocycles. The van der Waals surface area contributed by atoms with E-state index in [-0.39, 0.29) is 5.92 Å². The smallest absolute Gasteiger partial charge is 0.150 e. The third-order valence-corrected chi connectivity index (χ3v) is 3.10. The monoisotopic (exact) mass is 192 g/mol. The quantitative estimate of drug-likeness (QED) is 0.730. The van der Waals surface area contributed by atoms with Crippen LogP contribution in [0, 0.1) is 0 Å². The molecule has 1 aliphatic rings. The molecular weight excluding hydrogens is 180 g/mol. The first kappa shape index (κ1) is 8.82. The molecule has 1 aromatic rings. The van der Waals surface area contributed by atoms with E-state index in [1.165, 1.54) is 11.1 Å². The Kier molecular flexibility index (Phi) is 2.40. The predicted octanol–water partition coefficient (Wildman–Crippen LogP) is 2.26. The summed E-state index contributed by atoms with van der Waals surface area (Å²) in [5, 5.41) is 0. The van der Waals surface area contributed by atoms with Crippen molar-refractivity contribution in [2.24, 2.45) is 0 Å². The summed E-state index contributed by atoms with van der Waals surface area (Å²) in [4.78, 5) is 11.6. The van der Waals surface area contributed by atoms with Gasteiger partial charge < -0.3 is 0 Å². The number of rotatable bonds is 3. The van der Waals surface area contributed by atoms with Crippen molar-refractivity contribution in [3.05, 3.63) is 35.4 Å². The summed E-state index contributed by atoms with van der Waals surface area (Å²) in [6, 6.07) is 8.23. The molecule has 2 heteroatoms. The van der Waals surface area contributed by atoms with Crippen LogP contribution in [0.1, 0.15) is 17.0 Å². The van der Waals surface area contributed by atoms with Crippen LogP contribution in [-0.2, 0) is 11.2 Å². The van der Waals surface area contributed by atoms with E-state index < -0.39 is 0 Å². The third-order valence-electron chi connectivity index (χ3n) is 2.53. The SMILES string of the molecule is CSCC(=O)C1Cc2ccccc21. The maximum absolute atomic E-state index is 11.6. The van der Waals surface area contributed by atoms with Gasteiger partial charge in [-0.25, -0.2) is 0 Å². The molecule has 68 valence electrons. The van der Waals surface area contributed by atoms with Crippen molar-refractivity contribution in [3.63, 3.8) is 0 Å². The molecule has 0 heterocycles. The summed E-state index contributed by atoms with van der Waals surface area (Å²) in [6.45, 7) is 0. The molecule has 0 N–H and O–H groups in total. The molecule has 0 bridgehead atoms. The topological polar surface area (TPSA) is 17.1 Å². The lowest BCUT2D eigenvalue weighted by Gasteiger charge is -2.28. The average molecular weight is 192 g/mol. The van der Waals surface area contributed by atoms with Crippen molar-refractivity contribution < 1.29 is 4.79 Å². The molecule has 2 rings (SSSR count). The summed E-state index contributed by atoms with van der Waals surface area (Å²) in [6.07, 6.45) is 2.93. The molecule has 0 aromatic heterocycles. The van der Waals surface area contributed by atoms with Crippen molar-refractivity contribution in [2.75, 3.05) is 12.0 Å². The van der Waals surface area contributed by atoms with Gasteiger partial charge in [-0.1, -0.05) is 24.3 Å². The Hall–Kier alpha value is -0.760. The van der Waals surface area contributed by atoms with Crippen LogP contribution < -0.4 is 0 Å². The molecule has 1 atom stereocenters. The summed E-state index contributed by atoms with van der Waals surface area (Å²) >= 11 is 1.61. The van der Waals surface area contributed by atoms with Gasteiger partial charge in [-0.3, -0.25) is 4.79 Å². The molecule has 1 unspecified atom stereocenters. The van der Waals surface area contributed by atoms with Gasteiger partial charge in [-0.2, -0.15) is 11.8 Å². The van der Waals surface area contributed by atoms with Crippen molar-refractivity contribution in [3.8, 4) is 0 Å². The standard InChI is InChI=1S/C11H12OS/c1-13-7-11(12)10-6-8-4-2-3-5-9(8)10/h2-5,10H,6-7H2,1H3. The number of Topliss-reactive ketones (excluding diaryl/α,β-unsaturated/α-hetero) is 1. The highest BCUT2D eigenvalue weighted by Gasteiger charge is 2.30. The van der Waals surface area contributed by atoms with Crippen LogP contribution in [0.5, 0.6) is 0 Å². The number of hydrogen-bond acceptors (Lipinski definition) is 2. The molecule has 0 aliphatic heterocycles. The summed E-state index contributed by atoms with van der Waals surface area (Å²) in [5.74, 6) is 1.23. The summed E-state index contributed by atoms with van der Waals surface area (Å²) in [7, 11) is 0. The van der Waals surface area contributed by atoms with Crippen LogP contribution in [0.15, 0.2) is 24.3 Å². The minimum Gasteiger partial charge on any atom is -0.298 e. The van der Waals surface area contributed by atoms with Crippen molar-refractivity contribution >= 4 is 17.5 Å². The first-order chi connectivity index (χ1) is 6.33. The number of thioether (sulfide) groups is 1. The zero-order valence-electron chi connectivity index (χ0n) is 7.62. The molecular formula is C11H12OS. The van der Waals surface area contributed by atoms with E-state index in [9.17, 15) is 4.79 Å². The highest BCUT2D eigenvalue weighted by molar-refractivity contribution is 7.99. The minimum atomic E-state index is 0.198. The highest BCUT2D eigenvalue weighted by Crippen LogP contribution is 2.35. The Morgan fingerprint density at radius 3 is 3.00 bits per heavy atom. The van der Waals surface area contributed by atoms with E-state index in [1.807, 2.05) is 18.4 Å². The second-order valence-electron chi connectivity index (χ2n) is 3.35. The van der Waals surface area contributed by atoms with Crippen molar-refractivity contribution in [1.29, 1.82) is 0 Å². The van der Waals surface area contributed by atoms with Crippen LogP contribution in [0.4, 0.5) is 0 Å². The molecule has 1 nitrogen and oxygen atoms in total. The number of carbonyl (C=O) groups excluding carboxylic acids is 1. The minimum absolute atomic E-state index is 0.198. The maximum atomic E-state index is 11.6. The second kappa shape index (κ2) is 3.54. The van der Waals surface area contributed by atoms with Gasteiger partial charge in [0.2, 0.25) is 0 Å². The first-order valence-corrected chi connectivity index (χ1v) is 5.81. The Morgan fingerprint density at radius 1 is 1.54 bits per heavy atom. The number of hydrogen-bond donors (Lipinski definition) is 0. The van der Waals surface area contributed by atoms with Gasteiger partial charge in [0, 0.05) is 5.92 Å². The normalized spacial score (nSPS) is 19.0. The number of ketones is 1. The van der Waals surface area contributed by atoms with Crippen LogP contribution in [-0.4, -0.2) is 17.8 Å². The number of benzene rings is 1. The molecule has 0 amide bonds. The molecule has 0 saturated heterocycles. The van der Waals surface area contributed by atoms with Crippen LogP contribution in [0.25, 0.3) is 0 Å². The maximum Gasteiger partial charge on any atom is 0.150 e. The predicted molar refractivity (Wildman–Crippen MR) is 56.3 cm³/mol. The second-order valence-corrected chi connectivity index (χ2v) is 4.22. The Bertz CT molecular complexity index is 333. The average Bonchev–Trinajstić information content (AvgIpc) is 2.07. The zero-order valence-corrected chi connectivity index (χ0v) is 8.43. The largest absolute Gasteiger partial charge is 0.298 e. The molecule has 0 saturated carbocycles. The zero-order chi connectivity index (χ0) is 9.26. The molecule has 0 spiro atoms. The van der Waals surface area contributed by atoms with E-state index in [1.54, 1.807) is 11.8 Å². The van der Waals surface area contributed by atoms with Crippen LogP contribution in [0.3, 0.4) is 0 Å². The highest BCUT2D eigenvalue weighted by atomic mass is 32.2. The first-order valence-electron chi connectivity index (χ1n) is 4.42. The lowest BCUT2D eigenvalue weighted by atomic mass is 9.76. The lowest BCUT2D eigenvalue weighted by Crippen LogP contribution is -2.26. The van der Waals surface area contributed by atoms with E-state index >= 15 is 0 Å². The Balaban J connectivity index is 2.13. The molecule has 0 fully saturated rings. The lowest BCUT2D eigenvalue weighted by molar-refractivity contribution is -0.118. The fourth-order valence-corrected chi connectivity index (χ4v) is 2.27. The van der Waals surface area contributed by atoms with Crippen LogP contribution >= 0.6 is 11.8 Å². The van der Waals surface area contributed by atoms with Gasteiger partial charge in [-0.05, 0) is 23.8 Å². The Labute approximate surface area is 82.5 Å². The third kappa shape index (κ3) is 1.51. The van der Waals surface area contributed by atoms with Gasteiger partial charge in [0.1, 0.15) is 5.78 Å². The molecule has 0 radical (unpaired) electrons. The molecule has 13 heavy (non-hydrogen) atoms. The van der Waals surface area contributed by atoms with Crippen LogP contribution in [0.2, 0.25) is 0 Å².